The number of primary amides is 1. The third-order valence-corrected chi connectivity index (χ3v) is 26.5. The maximum atomic E-state index is 14.5. The molecule has 0 radical (unpaired) electrons. The molecule has 49 heteroatoms. The number of ether oxygens (including phenoxy) is 4. The van der Waals surface area contributed by atoms with Crippen molar-refractivity contribution in [2.75, 3.05) is 38.3 Å². The number of likely N-dealkylation sites (N-methyl/N-ethyl adjacent to an activating group) is 1. The van der Waals surface area contributed by atoms with Crippen molar-refractivity contribution in [2.24, 2.45) is 28.5 Å². The second-order valence-electron chi connectivity index (χ2n) is 34.6. The van der Waals surface area contributed by atoms with E-state index in [2.05, 4.69) is 58.0 Å². The van der Waals surface area contributed by atoms with Gasteiger partial charge in [0.15, 0.2) is 47.6 Å². The van der Waals surface area contributed by atoms with Crippen LogP contribution in [0.1, 0.15) is 144 Å². The molecule has 2 aromatic heterocycles. The molecular weight excluding hydrogens is 1940 g/mol. The topological polar surface area (TPSA) is 698 Å². The number of pyridine rings is 1. The summed E-state index contributed by atoms with van der Waals surface area (Å²) in [4.78, 5) is 159. The number of β-lactam (4-membered cyclic amide) rings is 1. The summed E-state index contributed by atoms with van der Waals surface area (Å²) < 4.78 is 25.0. The predicted molar refractivity (Wildman–Crippen MR) is 501 cm³/mol. The molecule has 44 nitrogen and oxygen atoms in total. The van der Waals surface area contributed by atoms with E-state index in [0.717, 1.165) is 53.5 Å². The Balaban J connectivity index is 0.000000253. The van der Waals surface area contributed by atoms with E-state index in [-0.39, 0.29) is 131 Å². The number of aromatic nitrogens is 2. The quantitative estimate of drug-likeness (QED) is 0.0119. The highest BCUT2D eigenvalue weighted by Gasteiger charge is 2.54. The Morgan fingerprint density at radius 2 is 1.49 bits per heavy atom. The first-order valence-corrected chi connectivity index (χ1v) is 46.8. The number of fused-ring (bicyclic) bond motifs is 14. The summed E-state index contributed by atoms with van der Waals surface area (Å²) in [6, 6.07) is 10.6. The molecule has 3 fully saturated rings. The molecule has 9 heterocycles. The molecule has 7 aromatic rings. The minimum absolute atomic E-state index is 0.00846. The first-order valence-electron chi connectivity index (χ1n) is 43.8. The van der Waals surface area contributed by atoms with Crippen LogP contribution in [0.25, 0.3) is 11.1 Å². The third kappa shape index (κ3) is 25.7. The number of benzene rings is 5. The van der Waals surface area contributed by atoms with E-state index in [4.69, 9.17) is 80.9 Å². The number of aliphatic hydroxyl groups excluding tert-OH is 7. The summed E-state index contributed by atoms with van der Waals surface area (Å²) in [5, 5.41) is 154. The first kappa shape index (κ1) is 108. The number of thioether (sulfide) groups is 1. The van der Waals surface area contributed by atoms with Crippen LogP contribution in [0.15, 0.2) is 126 Å². The van der Waals surface area contributed by atoms with Gasteiger partial charge in [0.05, 0.1) is 65.1 Å². The number of rotatable bonds is 25. The number of amides is 10. The van der Waals surface area contributed by atoms with Crippen molar-refractivity contribution in [1.82, 2.24) is 57.7 Å². The number of carboxylic acids is 1. The van der Waals surface area contributed by atoms with Gasteiger partial charge in [-0.05, 0) is 129 Å². The van der Waals surface area contributed by atoms with Crippen LogP contribution in [0.2, 0.25) is 14.4 Å². The maximum Gasteiger partial charge on any atom is 0.276 e. The number of aryl methyl sites for hydroxylation is 1. The minimum atomic E-state index is -1.97. The van der Waals surface area contributed by atoms with E-state index in [1.165, 1.54) is 48.2 Å². The number of carboxylic acid groups (broad SMARTS) is 1. The summed E-state index contributed by atoms with van der Waals surface area (Å²) in [5.74, 6) is -12.7. The zero-order valence-corrected chi connectivity index (χ0v) is 80.5. The van der Waals surface area contributed by atoms with Gasteiger partial charge in [0, 0.05) is 78.4 Å². The smallest absolute Gasteiger partial charge is 0.276 e. The second-order valence-corrected chi connectivity index (χ2v) is 38.2. The van der Waals surface area contributed by atoms with Gasteiger partial charge in [0.1, 0.15) is 111 Å². The maximum absolute atomic E-state index is 14.5. The molecule has 26 N–H and O–H groups in total. The zero-order chi connectivity index (χ0) is 103. The highest BCUT2D eigenvalue weighted by atomic mass is 35.5. The number of anilines is 1. The highest BCUT2D eigenvalue weighted by Crippen LogP contribution is 2.47. The van der Waals surface area contributed by atoms with Crippen molar-refractivity contribution in [3.8, 4) is 51.4 Å². The minimum Gasteiger partial charge on any atom is -0.543 e. The molecule has 7 aliphatic rings. The van der Waals surface area contributed by atoms with Gasteiger partial charge in [-0.25, -0.2) is 9.55 Å². The third-order valence-electron chi connectivity index (χ3n) is 23.5. The van der Waals surface area contributed by atoms with Crippen LogP contribution in [0.5, 0.6) is 40.2 Å². The van der Waals surface area contributed by atoms with Crippen LogP contribution >= 0.6 is 57.9 Å². The molecule has 0 saturated carbocycles. The number of aliphatic hydroxyl groups is 7. The lowest BCUT2D eigenvalue weighted by Crippen LogP contribution is -2.71. The molecular formula is C91H109Cl3N16O28S2. The average molecular weight is 2050 g/mol. The molecule has 1 unspecified atom stereocenters. The summed E-state index contributed by atoms with van der Waals surface area (Å²) in [5.41, 5.74) is 16.0. The zero-order valence-electron chi connectivity index (χ0n) is 76.6. The number of hydrogen-bond donors (Lipinski definition) is 23. The number of nitrogens with zero attached hydrogens (tertiary/aromatic N) is 4. The number of oxime groups is 1. The van der Waals surface area contributed by atoms with Crippen molar-refractivity contribution in [3.05, 3.63) is 174 Å². The van der Waals surface area contributed by atoms with Gasteiger partial charge >= 0.3 is 0 Å². The van der Waals surface area contributed by atoms with Crippen LogP contribution in [-0.4, -0.2) is 254 Å². The van der Waals surface area contributed by atoms with E-state index < -0.39 is 222 Å². The van der Waals surface area contributed by atoms with E-state index in [0.29, 0.717) is 23.1 Å². The van der Waals surface area contributed by atoms with E-state index in [9.17, 15) is 109 Å². The number of aromatic hydroxyl groups is 4. The van der Waals surface area contributed by atoms with Gasteiger partial charge in [-0.2, -0.15) is 0 Å². The van der Waals surface area contributed by atoms with E-state index in [1.54, 1.807) is 89.0 Å². The Morgan fingerprint density at radius 1 is 0.793 bits per heavy atom. The number of thiazole rings is 1. The molecule has 0 aliphatic carbocycles. The molecule has 6 bridgehead atoms. The monoisotopic (exact) mass is 2040 g/mol. The summed E-state index contributed by atoms with van der Waals surface area (Å²) in [6.07, 6.45) is -6.96. The Bertz CT molecular complexity index is 5890. The molecule has 0 spiro atoms. The van der Waals surface area contributed by atoms with Crippen molar-refractivity contribution in [3.63, 3.8) is 0 Å². The number of halogens is 3. The lowest BCUT2D eigenvalue weighted by molar-refractivity contribution is -0.689. The van der Waals surface area contributed by atoms with E-state index >= 15 is 0 Å². The molecule has 754 valence electrons. The molecule has 10 amide bonds. The molecule has 3 saturated heterocycles. The molecule has 140 heavy (non-hydrogen) atoms. The number of aliphatic carboxylic acids is 1. The van der Waals surface area contributed by atoms with Crippen LogP contribution < -0.4 is 84.2 Å². The normalized spacial score (nSPS) is 25.6. The largest absolute Gasteiger partial charge is 0.543 e. The number of carbonyl (C=O) groups is 11. The van der Waals surface area contributed by atoms with Crippen molar-refractivity contribution < 1.29 is 142 Å². The van der Waals surface area contributed by atoms with Crippen LogP contribution in [0, 0.1) is 18.8 Å². The Hall–Kier alpha value is -12.4. The van der Waals surface area contributed by atoms with Crippen LogP contribution in [0.3, 0.4) is 0 Å². The van der Waals surface area contributed by atoms with Gasteiger partial charge in [0.25, 0.3) is 11.8 Å². The fourth-order valence-electron chi connectivity index (χ4n) is 16.2. The summed E-state index contributed by atoms with van der Waals surface area (Å²) in [7, 11) is 1.59. The predicted octanol–water partition coefficient (Wildman–Crippen LogP) is 0.197. The number of phenolic OH excluding ortho intramolecular Hbond substituents is 4. The number of phenols is 4. The Kier molecular flexibility index (Phi) is 36.1. The SMILES string of the molecule is CC(=O)N[C@H]1C(=O)N[C@@H]([C@H](O)c2ccc(O)c(Cl)c2)C(=O)N[C@H](C(=O)NCCCO/N=C(\C(=O)N[C@@H]2C(=O)N3C(C(=O)[O-])=C(C[n+]4ccccc4)CS[C@H]23)c2nc(N)sc2Cl)c2cc(O)cc(O)c2-c2cc1ccc2O.CN[C@H](CC(C)C)C(=O)NC1C(=O)N[C@@H](CC(N)=O)C(=O)N[C@@H](C)c2cc(C)c(O[C@@H]3O[C@H](CO)[C@@H](O)[C@H](O)[C@H]3C)c(c2)Oc2ccc(cc2Cl)[C@H]1O.C[C@@H]1O[C@@H](O)C[C@](C)(N)[C@@H]1O. The summed E-state index contributed by atoms with van der Waals surface area (Å²) in [6.45, 7) is 12.3. The molecule has 5 aromatic carbocycles. The van der Waals surface area contributed by atoms with Gasteiger partial charge in [-0.15, -0.1) is 11.8 Å². The Labute approximate surface area is 823 Å². The van der Waals surface area contributed by atoms with Gasteiger partial charge in [0.2, 0.25) is 53.5 Å². The van der Waals surface area contributed by atoms with Gasteiger partial charge in [-0.3, -0.25) is 52.8 Å². The average Bonchev–Trinajstić information content (AvgIpc) is 0.738. The lowest BCUT2D eigenvalue weighted by Gasteiger charge is -2.50. The molecule has 14 rings (SSSR count). The summed E-state index contributed by atoms with van der Waals surface area (Å²) >= 11 is 21.2. The fraction of sp³-hybridized carbons (Fsp3) is 0.429. The number of carbonyl (C=O) groups excluding carboxylic acids is 11. The van der Waals surface area contributed by atoms with Crippen molar-refractivity contribution in [1.29, 1.82) is 0 Å². The number of nitrogen functional groups attached to an aromatic ring is 1. The number of nitrogens with two attached hydrogens (primary N) is 3. The molecule has 20 atom stereocenters. The second kappa shape index (κ2) is 46.8. The lowest BCUT2D eigenvalue weighted by atomic mass is 9.86. The number of hydrogen-bond acceptors (Lipinski definition) is 35. The highest BCUT2D eigenvalue weighted by molar-refractivity contribution is 8.00. The van der Waals surface area contributed by atoms with E-state index in [1.807, 2.05) is 13.8 Å². The van der Waals surface area contributed by atoms with Gasteiger partial charge in [-0.1, -0.05) is 102 Å². The van der Waals surface area contributed by atoms with Crippen molar-refractivity contribution >= 4 is 134 Å². The standard InChI is InChI=1S/C48H44Cl2N10O14S2.C36H50ClN5O11.C7H15NO3/c1-20(61)53-32-21-6-8-28(63)25(14-21)31-26(16-24(62)17-30(31)65)33(54-44(70)36(55-42(32)68)39(66)22-7-9-29(64)27(49)15-22)41(67)52-10-5-13-74-58-35(34-40(50)76-48(51)57-34)43(69)56-37-45(71)60-38(47(72)73)23(19-75-46(37)60)18-59-11-3-2-4-12-59;1-15(2)9-22(39-6)33(48)42-28-30(46)19-7-8-24(21(37)11-19)51-25-12-20(18(5)40-34(49)23(13-27(38)44)41-35(28)50)10-16(3)32(25)53-36-17(4)29(45)31(47)26(14-43)52-36;1-4-6(10)7(2,8)3-5(9)11-4/h2-4,6-9,11-12,14-17,32-33,36-37,39,46,66H,5,10,13,18-19H2,1H3,(H11-,51,52,53,54,55,56,57,58,61,62,63,64,65,67,68,69,70,72,73);7-8,10-12,15,17-18,22-23,26,28-31,36,39,43,45-47H,9,13-14H2,1-6H3,(H2,38,44)(H,40,49)(H,41,50)(H,42,48);4-6,9-10H,3,8H2,1-2H3/t32-,33+,36+,37-,39-,46-;17-,18+,22-,23+,26-,28?,29-,30-,31-,36+;4-,5+,6+,7-/m110/s1. The van der Waals surface area contributed by atoms with Crippen molar-refractivity contribution in [2.45, 2.75) is 202 Å². The first-order chi connectivity index (χ1) is 66.1. The Morgan fingerprint density at radius 3 is 2.13 bits per heavy atom. The van der Waals surface area contributed by atoms with Gasteiger partial charge < -0.3 is 155 Å². The molecule has 7 aliphatic heterocycles. The fourth-order valence-corrected chi connectivity index (χ4v) is 18.8. The number of nitrogens with one attached hydrogen (secondary N) is 9. The van der Waals surface area contributed by atoms with Crippen LogP contribution in [0.4, 0.5) is 5.13 Å². The van der Waals surface area contributed by atoms with Crippen LogP contribution in [-0.2, 0) is 73.6 Å².